The van der Waals surface area contributed by atoms with Crippen molar-refractivity contribution in [1.29, 1.82) is 0 Å². The first kappa shape index (κ1) is 15.2. The van der Waals surface area contributed by atoms with E-state index in [1.807, 2.05) is 18.2 Å². The van der Waals surface area contributed by atoms with Crippen molar-refractivity contribution in [2.75, 3.05) is 0 Å². The summed E-state index contributed by atoms with van der Waals surface area (Å²) in [6.07, 6.45) is 2.11. The van der Waals surface area contributed by atoms with Crippen LogP contribution in [0.25, 0.3) is 16.6 Å². The molecule has 0 unspecified atom stereocenters. The van der Waals surface area contributed by atoms with Gasteiger partial charge in [-0.15, -0.1) is 0 Å². The second-order valence-electron chi connectivity index (χ2n) is 5.15. The Morgan fingerprint density at radius 3 is 2.55 bits per heavy atom. The quantitative estimate of drug-likeness (QED) is 0.426. The summed E-state index contributed by atoms with van der Waals surface area (Å²) in [6, 6.07) is 20.9. The fraction of sp³-hybridized carbons (Fsp3) is 0.111. The first-order valence-corrected chi connectivity index (χ1v) is 13.5. The van der Waals surface area contributed by atoms with E-state index in [9.17, 15) is 4.79 Å². The predicted molar refractivity (Wildman–Crippen MR) is 81.0 cm³/mol. The van der Waals surface area contributed by atoms with Gasteiger partial charge in [0, 0.05) is 0 Å². The second-order valence-corrected chi connectivity index (χ2v) is 9.81. The Kier molecular flexibility index (Phi) is 4.83. The Labute approximate surface area is 142 Å². The van der Waals surface area contributed by atoms with E-state index in [2.05, 4.69) is 53.2 Å². The number of carbonyl (C=O) groups is 1. The van der Waals surface area contributed by atoms with Crippen molar-refractivity contribution < 1.29 is 37.0 Å². The van der Waals surface area contributed by atoms with E-state index >= 15 is 0 Å². The molecule has 0 saturated carbocycles. The SMILES string of the molecule is CC(=O)[O][Hg][CH2]c1cc[n+](-c2ccccc2)c2ccccc12. The molecule has 0 fully saturated rings. The third-order valence-corrected chi connectivity index (χ3v) is 8.91. The van der Waals surface area contributed by atoms with Crippen LogP contribution in [0, 0.1) is 0 Å². The molecule has 0 aliphatic rings. The van der Waals surface area contributed by atoms with Gasteiger partial charge in [-0.1, -0.05) is 0 Å². The van der Waals surface area contributed by atoms with Crippen molar-refractivity contribution in [1.82, 2.24) is 0 Å². The van der Waals surface area contributed by atoms with Crippen molar-refractivity contribution in [3.63, 3.8) is 0 Å². The van der Waals surface area contributed by atoms with Gasteiger partial charge in [-0.3, -0.25) is 0 Å². The molecule has 3 rings (SSSR count). The fourth-order valence-corrected chi connectivity index (χ4v) is 6.69. The van der Waals surface area contributed by atoms with Crippen molar-refractivity contribution in [2.24, 2.45) is 0 Å². The summed E-state index contributed by atoms with van der Waals surface area (Å²) in [7, 11) is 0. The first-order chi connectivity index (χ1) is 10.8. The minimum absolute atomic E-state index is 0.138. The molecule has 0 atom stereocenters. The number of carbonyl (C=O) groups excluding carboxylic acids is 1. The number of aromatic nitrogens is 1. The molecular formula is C18H16HgNO2+. The van der Waals surface area contributed by atoms with Crippen LogP contribution in [0.3, 0.4) is 0 Å². The van der Waals surface area contributed by atoms with E-state index in [0.29, 0.717) is 0 Å². The van der Waals surface area contributed by atoms with Gasteiger partial charge in [-0.2, -0.15) is 0 Å². The molecular weight excluding hydrogens is 463 g/mol. The first-order valence-electron chi connectivity index (χ1n) is 7.37. The molecule has 0 N–H and O–H groups in total. The molecule has 4 heteroatoms. The van der Waals surface area contributed by atoms with Crippen LogP contribution in [0.5, 0.6) is 0 Å². The number of pyridine rings is 1. The number of benzene rings is 2. The average Bonchev–Trinajstić information content (AvgIpc) is 2.55. The second kappa shape index (κ2) is 7.01. The molecule has 0 aliphatic heterocycles. The van der Waals surface area contributed by atoms with Crippen LogP contribution in [0.4, 0.5) is 0 Å². The Balaban J connectivity index is 2.02. The summed E-state index contributed by atoms with van der Waals surface area (Å²) in [6.45, 7) is 1.49. The predicted octanol–water partition coefficient (Wildman–Crippen LogP) is 3.18. The van der Waals surface area contributed by atoms with Crippen LogP contribution in [-0.4, -0.2) is 5.97 Å². The standard InChI is InChI=1S/C16H13N.C2H4O2.Hg/c1-13-11-12-17(14-7-3-2-4-8-14)16-10-6-5-9-15(13)16;1-2(3)4;/h2-12H,1H2;1H3,(H,3,4);/q+1;;+1/p-1. The average molecular weight is 479 g/mol. The van der Waals surface area contributed by atoms with Gasteiger partial charge in [0.1, 0.15) is 0 Å². The van der Waals surface area contributed by atoms with Crippen LogP contribution < -0.4 is 4.57 Å². The van der Waals surface area contributed by atoms with Gasteiger partial charge in [0.2, 0.25) is 0 Å². The third-order valence-electron chi connectivity index (χ3n) is 3.65. The zero-order chi connectivity index (χ0) is 15.4. The number of rotatable bonds is 4. The molecule has 0 bridgehead atoms. The molecule has 0 saturated heterocycles. The van der Waals surface area contributed by atoms with E-state index in [1.54, 1.807) is 0 Å². The van der Waals surface area contributed by atoms with Crippen molar-refractivity contribution in [2.45, 2.75) is 10.9 Å². The third kappa shape index (κ3) is 3.35. The fourth-order valence-electron chi connectivity index (χ4n) is 2.63. The van der Waals surface area contributed by atoms with Gasteiger partial charge in [0.05, 0.1) is 0 Å². The van der Waals surface area contributed by atoms with E-state index < -0.39 is 25.0 Å². The molecule has 3 nitrogen and oxygen atoms in total. The molecule has 2 aromatic carbocycles. The Morgan fingerprint density at radius 2 is 1.77 bits per heavy atom. The summed E-state index contributed by atoms with van der Waals surface area (Å²) in [4.78, 5) is 11.0. The number of hydrogen-bond acceptors (Lipinski definition) is 2. The topological polar surface area (TPSA) is 30.2 Å². The maximum absolute atomic E-state index is 11.0. The van der Waals surface area contributed by atoms with Gasteiger partial charge in [-0.05, 0) is 0 Å². The number of fused-ring (bicyclic) bond motifs is 1. The van der Waals surface area contributed by atoms with Gasteiger partial charge in [0.15, 0.2) is 0 Å². The zero-order valence-electron chi connectivity index (χ0n) is 12.5. The number of para-hydroxylation sites is 2. The molecule has 1 aromatic heterocycles. The van der Waals surface area contributed by atoms with E-state index in [-0.39, 0.29) is 5.97 Å². The molecule has 106 valence electrons. The monoisotopic (exact) mass is 480 g/mol. The van der Waals surface area contributed by atoms with Crippen LogP contribution >= 0.6 is 0 Å². The molecule has 0 radical (unpaired) electrons. The van der Waals surface area contributed by atoms with Crippen molar-refractivity contribution >= 4 is 16.9 Å². The van der Waals surface area contributed by atoms with Gasteiger partial charge in [0.25, 0.3) is 0 Å². The zero-order valence-corrected chi connectivity index (χ0v) is 18.0. The van der Waals surface area contributed by atoms with E-state index in [4.69, 9.17) is 2.64 Å². The Morgan fingerprint density at radius 1 is 1.05 bits per heavy atom. The summed E-state index contributed by atoms with van der Waals surface area (Å²) in [5.41, 5.74) is 3.61. The van der Waals surface area contributed by atoms with Crippen LogP contribution in [0.15, 0.2) is 66.9 Å². The summed E-state index contributed by atoms with van der Waals surface area (Å²) in [5.74, 6) is -0.138. The van der Waals surface area contributed by atoms with Crippen molar-refractivity contribution in [3.05, 3.63) is 72.4 Å². The van der Waals surface area contributed by atoms with Crippen LogP contribution in [-0.2, 0) is 36.4 Å². The van der Waals surface area contributed by atoms with Gasteiger partial charge in [-0.25, -0.2) is 0 Å². The normalized spacial score (nSPS) is 10.2. The van der Waals surface area contributed by atoms with Gasteiger partial charge >= 0.3 is 143 Å². The number of nitrogens with zero attached hydrogens (tertiary/aromatic N) is 1. The summed E-state index contributed by atoms with van der Waals surface area (Å²) < 4.78 is 8.42. The molecule has 1 heterocycles. The molecule has 22 heavy (non-hydrogen) atoms. The Bertz CT molecular complexity index is 803. The molecule has 0 aliphatic carbocycles. The van der Waals surface area contributed by atoms with E-state index in [1.165, 1.54) is 23.4 Å². The summed E-state index contributed by atoms with van der Waals surface area (Å²) in [5, 5.41) is 1.24. The van der Waals surface area contributed by atoms with E-state index in [0.717, 1.165) is 9.62 Å². The van der Waals surface area contributed by atoms with Crippen molar-refractivity contribution in [3.8, 4) is 5.69 Å². The van der Waals surface area contributed by atoms with Crippen LogP contribution in [0.1, 0.15) is 12.5 Å². The Hall–Kier alpha value is -1.74. The van der Waals surface area contributed by atoms with Gasteiger partial charge < -0.3 is 0 Å². The molecule has 0 amide bonds. The van der Waals surface area contributed by atoms with Crippen LogP contribution in [0.2, 0.25) is 0 Å². The summed E-state index contributed by atoms with van der Waals surface area (Å²) >= 11 is -1.62. The molecule has 0 spiro atoms. The maximum atomic E-state index is 11.0. The molecule has 3 aromatic rings. The minimum atomic E-state index is -1.62. The number of hydrogen-bond donors (Lipinski definition) is 0.